The molecule has 2 amide bonds. The van der Waals surface area contributed by atoms with E-state index in [0.717, 1.165) is 5.69 Å². The number of carbonyl (C=O) groups is 2. The third-order valence-electron chi connectivity index (χ3n) is 2.55. The first-order chi connectivity index (χ1) is 7.68. The second kappa shape index (κ2) is 4.32. The van der Waals surface area contributed by atoms with Gasteiger partial charge >= 0.3 is 0 Å². The molecule has 1 heterocycles. The van der Waals surface area contributed by atoms with Crippen LogP contribution >= 0.6 is 0 Å². The van der Waals surface area contributed by atoms with Crippen molar-refractivity contribution in [1.29, 1.82) is 0 Å². The van der Waals surface area contributed by atoms with Crippen molar-refractivity contribution in [3.05, 3.63) is 30.3 Å². The van der Waals surface area contributed by atoms with Gasteiger partial charge in [0.15, 0.2) is 0 Å². The molecular formula is C11H13N3O2. The zero-order chi connectivity index (χ0) is 11.5. The number of anilines is 1. The maximum atomic E-state index is 12.0. The van der Waals surface area contributed by atoms with Gasteiger partial charge in [-0.05, 0) is 12.1 Å². The molecule has 0 aliphatic carbocycles. The fourth-order valence-electron chi connectivity index (χ4n) is 1.62. The third-order valence-corrected chi connectivity index (χ3v) is 2.55. The zero-order valence-electron chi connectivity index (χ0n) is 8.93. The summed E-state index contributed by atoms with van der Waals surface area (Å²) in [6.45, 7) is 0. The molecule has 1 aliphatic heterocycles. The predicted octanol–water partition coefficient (Wildman–Crippen LogP) is 0.0425. The van der Waals surface area contributed by atoms with Crippen LogP contribution < -0.4 is 15.8 Å². The number of hydrogen-bond donors (Lipinski definition) is 2. The van der Waals surface area contributed by atoms with Crippen molar-refractivity contribution in [3.63, 3.8) is 0 Å². The molecule has 1 aromatic carbocycles. The van der Waals surface area contributed by atoms with E-state index in [2.05, 4.69) is 10.9 Å². The van der Waals surface area contributed by atoms with Gasteiger partial charge in [-0.1, -0.05) is 18.2 Å². The molecule has 1 saturated heterocycles. The van der Waals surface area contributed by atoms with E-state index in [1.807, 2.05) is 30.3 Å². The molecule has 16 heavy (non-hydrogen) atoms. The van der Waals surface area contributed by atoms with E-state index < -0.39 is 6.04 Å². The van der Waals surface area contributed by atoms with Gasteiger partial charge in [-0.25, -0.2) is 5.43 Å². The number of rotatable bonds is 2. The molecule has 1 aromatic rings. The average molecular weight is 219 g/mol. The summed E-state index contributed by atoms with van der Waals surface area (Å²) in [5, 5.41) is 0. The molecule has 1 unspecified atom stereocenters. The monoisotopic (exact) mass is 219 g/mol. The molecule has 0 bridgehead atoms. The van der Waals surface area contributed by atoms with Crippen LogP contribution in [0.1, 0.15) is 6.42 Å². The van der Waals surface area contributed by atoms with Gasteiger partial charge in [0.1, 0.15) is 6.04 Å². The minimum Gasteiger partial charge on any atom is -0.314 e. The lowest BCUT2D eigenvalue weighted by atomic mass is 10.2. The lowest BCUT2D eigenvalue weighted by Crippen LogP contribution is -2.44. The molecule has 0 aromatic heterocycles. The third kappa shape index (κ3) is 2.04. The van der Waals surface area contributed by atoms with E-state index in [0.29, 0.717) is 0 Å². The molecule has 2 rings (SSSR count). The van der Waals surface area contributed by atoms with Crippen molar-refractivity contribution in [2.24, 2.45) is 0 Å². The first-order valence-electron chi connectivity index (χ1n) is 5.05. The minimum absolute atomic E-state index is 0.121. The van der Waals surface area contributed by atoms with Gasteiger partial charge in [-0.15, -0.1) is 0 Å². The molecule has 1 fully saturated rings. The number of nitrogens with one attached hydrogen (secondary N) is 2. The number of hydrogen-bond acceptors (Lipinski definition) is 3. The van der Waals surface area contributed by atoms with Gasteiger partial charge in [0, 0.05) is 12.7 Å². The Morgan fingerprint density at radius 2 is 2.06 bits per heavy atom. The van der Waals surface area contributed by atoms with Crippen LogP contribution in [0.25, 0.3) is 0 Å². The fourth-order valence-corrected chi connectivity index (χ4v) is 1.62. The minimum atomic E-state index is -0.474. The standard InChI is InChI=1S/C11H13N3O2/c1-14(8-5-3-2-4-6-8)11(16)9-7-10(15)13-12-9/h2-6,9,12H,7H2,1H3,(H,13,15). The van der Waals surface area contributed by atoms with Gasteiger partial charge in [0.25, 0.3) is 0 Å². The van der Waals surface area contributed by atoms with Crippen molar-refractivity contribution < 1.29 is 9.59 Å². The molecule has 0 spiro atoms. The average Bonchev–Trinajstić information content (AvgIpc) is 2.75. The van der Waals surface area contributed by atoms with E-state index >= 15 is 0 Å². The van der Waals surface area contributed by atoms with Gasteiger partial charge in [0.05, 0.1) is 6.42 Å². The molecular weight excluding hydrogens is 206 g/mol. The first-order valence-corrected chi connectivity index (χ1v) is 5.05. The largest absolute Gasteiger partial charge is 0.314 e. The highest BCUT2D eigenvalue weighted by Gasteiger charge is 2.30. The molecule has 84 valence electrons. The van der Waals surface area contributed by atoms with E-state index in [1.54, 1.807) is 7.05 Å². The predicted molar refractivity (Wildman–Crippen MR) is 59.5 cm³/mol. The highest BCUT2D eigenvalue weighted by Crippen LogP contribution is 2.13. The molecule has 1 atom stereocenters. The van der Waals surface area contributed by atoms with E-state index in [1.165, 1.54) is 4.90 Å². The van der Waals surface area contributed by atoms with Crippen LogP contribution in [0.4, 0.5) is 5.69 Å². The van der Waals surface area contributed by atoms with E-state index in [-0.39, 0.29) is 18.2 Å². The summed E-state index contributed by atoms with van der Waals surface area (Å²) in [4.78, 5) is 24.5. The summed E-state index contributed by atoms with van der Waals surface area (Å²) in [5.41, 5.74) is 5.90. The number of carbonyl (C=O) groups excluding carboxylic acids is 2. The molecule has 5 heteroatoms. The van der Waals surface area contributed by atoms with Crippen LogP contribution in [0.2, 0.25) is 0 Å². The van der Waals surface area contributed by atoms with Gasteiger partial charge in [-0.3, -0.25) is 15.0 Å². The van der Waals surface area contributed by atoms with Gasteiger partial charge in [0.2, 0.25) is 11.8 Å². The smallest absolute Gasteiger partial charge is 0.246 e. The summed E-state index contributed by atoms with van der Waals surface area (Å²) in [5.74, 6) is -0.274. The Balaban J connectivity index is 2.08. The van der Waals surface area contributed by atoms with Crippen LogP contribution in [0, 0.1) is 0 Å². The summed E-state index contributed by atoms with van der Waals surface area (Å²) in [6.07, 6.45) is 0.190. The first kappa shape index (κ1) is 10.6. The van der Waals surface area contributed by atoms with E-state index in [4.69, 9.17) is 0 Å². The van der Waals surface area contributed by atoms with Crippen LogP contribution in [0.3, 0.4) is 0 Å². The molecule has 1 aliphatic rings. The quantitative estimate of drug-likeness (QED) is 0.738. The zero-order valence-corrected chi connectivity index (χ0v) is 8.93. The lowest BCUT2D eigenvalue weighted by Gasteiger charge is -2.20. The van der Waals surface area contributed by atoms with Crippen LogP contribution in [0.5, 0.6) is 0 Å². The van der Waals surface area contributed by atoms with Crippen molar-refractivity contribution in [3.8, 4) is 0 Å². The number of para-hydroxylation sites is 1. The number of nitrogens with zero attached hydrogens (tertiary/aromatic N) is 1. The molecule has 5 nitrogen and oxygen atoms in total. The van der Waals surface area contributed by atoms with Crippen LogP contribution in [-0.4, -0.2) is 24.9 Å². The summed E-state index contributed by atoms with van der Waals surface area (Å²) >= 11 is 0. The summed E-state index contributed by atoms with van der Waals surface area (Å²) in [6, 6.07) is 8.85. The normalized spacial score (nSPS) is 19.3. The Hall–Kier alpha value is -1.88. The number of hydrazine groups is 1. The Morgan fingerprint density at radius 1 is 1.38 bits per heavy atom. The van der Waals surface area contributed by atoms with Crippen molar-refractivity contribution >= 4 is 17.5 Å². The molecule has 0 saturated carbocycles. The van der Waals surface area contributed by atoms with Gasteiger partial charge in [-0.2, -0.15) is 0 Å². The molecule has 0 radical (unpaired) electrons. The second-order valence-electron chi connectivity index (χ2n) is 3.68. The Kier molecular flexibility index (Phi) is 2.87. The number of benzene rings is 1. The lowest BCUT2D eigenvalue weighted by molar-refractivity contribution is -0.122. The van der Waals surface area contributed by atoms with Crippen molar-refractivity contribution in [2.75, 3.05) is 11.9 Å². The highest BCUT2D eigenvalue weighted by molar-refractivity contribution is 6.00. The Morgan fingerprint density at radius 3 is 2.62 bits per heavy atom. The maximum absolute atomic E-state index is 12.0. The molecule has 2 N–H and O–H groups in total. The van der Waals surface area contributed by atoms with E-state index in [9.17, 15) is 9.59 Å². The summed E-state index contributed by atoms with van der Waals surface area (Å²) < 4.78 is 0. The number of likely N-dealkylation sites (N-methyl/N-ethyl adjacent to an activating group) is 1. The number of amides is 2. The maximum Gasteiger partial charge on any atom is 0.246 e. The van der Waals surface area contributed by atoms with Crippen LogP contribution in [-0.2, 0) is 9.59 Å². The fraction of sp³-hybridized carbons (Fsp3) is 0.273. The second-order valence-corrected chi connectivity index (χ2v) is 3.68. The van der Waals surface area contributed by atoms with Crippen LogP contribution in [0.15, 0.2) is 30.3 Å². The highest BCUT2D eigenvalue weighted by atomic mass is 16.2. The SMILES string of the molecule is CN(C(=O)C1CC(=O)NN1)c1ccccc1. The van der Waals surface area contributed by atoms with Crippen molar-refractivity contribution in [1.82, 2.24) is 10.9 Å². The Bertz CT molecular complexity index is 405. The van der Waals surface area contributed by atoms with Crippen molar-refractivity contribution in [2.45, 2.75) is 12.5 Å². The topological polar surface area (TPSA) is 61.4 Å². The van der Waals surface area contributed by atoms with Gasteiger partial charge < -0.3 is 4.90 Å². The Labute approximate surface area is 93.4 Å². The summed E-state index contributed by atoms with van der Waals surface area (Å²) in [7, 11) is 1.70.